The summed E-state index contributed by atoms with van der Waals surface area (Å²) in [5.41, 5.74) is 5.10. The molecule has 0 spiro atoms. The van der Waals surface area contributed by atoms with Crippen LogP contribution in [0.15, 0.2) is 71.6 Å². The minimum atomic E-state index is -3.71. The third-order valence-electron chi connectivity index (χ3n) is 5.61. The van der Waals surface area contributed by atoms with E-state index in [9.17, 15) is 18.0 Å². The van der Waals surface area contributed by atoms with Crippen molar-refractivity contribution in [3.05, 3.63) is 94.5 Å². The first-order valence-corrected chi connectivity index (χ1v) is 11.9. The van der Waals surface area contributed by atoms with E-state index in [1.165, 1.54) is 42.3 Å². The fraction of sp³-hybridized carbons (Fsp3) is 0.200. The maximum absolute atomic E-state index is 12.6. The molecule has 7 heteroatoms. The molecule has 0 saturated carbocycles. The first kappa shape index (κ1) is 21.9. The van der Waals surface area contributed by atoms with Crippen molar-refractivity contribution in [2.24, 2.45) is 0 Å². The Kier molecular flexibility index (Phi) is 6.21. The van der Waals surface area contributed by atoms with E-state index in [2.05, 4.69) is 16.1 Å². The van der Waals surface area contributed by atoms with Gasteiger partial charge in [0.2, 0.25) is 10.0 Å². The zero-order valence-corrected chi connectivity index (χ0v) is 18.5. The van der Waals surface area contributed by atoms with E-state index in [0.29, 0.717) is 11.1 Å². The number of Topliss-reactive ketones (excluding diaryl/α,β-unsaturated/α-hetero) is 1. The van der Waals surface area contributed by atoms with Gasteiger partial charge in [-0.3, -0.25) is 9.59 Å². The minimum Gasteiger partial charge on any atom is -0.322 e. The molecule has 1 aliphatic rings. The van der Waals surface area contributed by atoms with E-state index >= 15 is 0 Å². The highest BCUT2D eigenvalue weighted by molar-refractivity contribution is 7.89. The number of sulfonamides is 1. The van der Waals surface area contributed by atoms with Crippen LogP contribution in [-0.4, -0.2) is 20.1 Å². The van der Waals surface area contributed by atoms with Gasteiger partial charge in [-0.05, 0) is 79.3 Å². The first-order chi connectivity index (χ1) is 15.3. The number of rotatable bonds is 7. The zero-order chi connectivity index (χ0) is 22.7. The molecule has 1 aliphatic carbocycles. The van der Waals surface area contributed by atoms with Crippen LogP contribution in [0.25, 0.3) is 0 Å². The van der Waals surface area contributed by atoms with E-state index in [4.69, 9.17) is 0 Å². The highest BCUT2D eigenvalue weighted by Gasteiger charge is 2.15. The van der Waals surface area contributed by atoms with Crippen molar-refractivity contribution in [2.45, 2.75) is 37.6 Å². The van der Waals surface area contributed by atoms with Gasteiger partial charge in [-0.2, -0.15) is 0 Å². The molecule has 6 nitrogen and oxygen atoms in total. The molecule has 2 N–H and O–H groups in total. The molecule has 4 rings (SSSR count). The molecule has 0 bridgehead atoms. The molecule has 0 radical (unpaired) electrons. The van der Waals surface area contributed by atoms with E-state index in [0.717, 1.165) is 30.5 Å². The van der Waals surface area contributed by atoms with E-state index in [1.54, 1.807) is 24.3 Å². The Morgan fingerprint density at radius 2 is 1.50 bits per heavy atom. The first-order valence-electron chi connectivity index (χ1n) is 10.4. The van der Waals surface area contributed by atoms with Crippen LogP contribution in [0.5, 0.6) is 0 Å². The third-order valence-corrected chi connectivity index (χ3v) is 7.03. The highest BCUT2D eigenvalue weighted by atomic mass is 32.2. The molecule has 1 amide bonds. The third kappa shape index (κ3) is 4.95. The van der Waals surface area contributed by atoms with Crippen molar-refractivity contribution in [1.29, 1.82) is 0 Å². The van der Waals surface area contributed by atoms with Gasteiger partial charge < -0.3 is 5.32 Å². The fourth-order valence-corrected chi connectivity index (χ4v) is 4.78. The molecule has 3 aromatic carbocycles. The average molecular weight is 449 g/mol. The standard InChI is InChI=1S/C25H24N2O4S/c1-17(28)19-10-13-24(14-11-19)32(30,31)26-16-18-5-7-21(8-6-18)25(29)27-23-12-9-20-3-2-4-22(20)15-23/h5-15,26H,2-4,16H2,1H3,(H,27,29). The molecule has 0 aliphatic heterocycles. The fourth-order valence-electron chi connectivity index (χ4n) is 3.76. The summed E-state index contributed by atoms with van der Waals surface area (Å²) in [7, 11) is -3.71. The van der Waals surface area contributed by atoms with Crippen molar-refractivity contribution in [2.75, 3.05) is 5.32 Å². The smallest absolute Gasteiger partial charge is 0.255 e. The number of fused-ring (bicyclic) bond motifs is 1. The summed E-state index contributed by atoms with van der Waals surface area (Å²) in [5, 5.41) is 2.92. The Balaban J connectivity index is 1.37. The number of ketones is 1. The predicted molar refractivity (Wildman–Crippen MR) is 123 cm³/mol. The van der Waals surface area contributed by atoms with Crippen LogP contribution < -0.4 is 10.0 Å². The maximum atomic E-state index is 12.6. The number of nitrogens with one attached hydrogen (secondary N) is 2. The Labute approximate surface area is 187 Å². The van der Waals surface area contributed by atoms with Crippen LogP contribution in [0.3, 0.4) is 0 Å². The summed E-state index contributed by atoms with van der Waals surface area (Å²) >= 11 is 0. The number of anilines is 1. The topological polar surface area (TPSA) is 92.3 Å². The summed E-state index contributed by atoms with van der Waals surface area (Å²) in [6.45, 7) is 1.51. The zero-order valence-electron chi connectivity index (χ0n) is 17.7. The molecule has 0 unspecified atom stereocenters. The summed E-state index contributed by atoms with van der Waals surface area (Å²) in [4.78, 5) is 24.0. The molecular formula is C25H24N2O4S. The van der Waals surface area contributed by atoms with Crippen LogP contribution in [-0.2, 0) is 29.4 Å². The van der Waals surface area contributed by atoms with Gasteiger partial charge in [-0.25, -0.2) is 13.1 Å². The van der Waals surface area contributed by atoms with Gasteiger partial charge in [0.1, 0.15) is 0 Å². The van der Waals surface area contributed by atoms with Gasteiger partial charge in [0.15, 0.2) is 5.78 Å². The monoisotopic (exact) mass is 448 g/mol. The Morgan fingerprint density at radius 3 is 2.19 bits per heavy atom. The predicted octanol–water partition coefficient (Wildman–Crippen LogP) is 4.11. The lowest BCUT2D eigenvalue weighted by atomic mass is 10.1. The van der Waals surface area contributed by atoms with Gasteiger partial charge in [0.05, 0.1) is 4.90 Å². The number of aryl methyl sites for hydroxylation is 2. The van der Waals surface area contributed by atoms with Gasteiger partial charge in [0.25, 0.3) is 5.91 Å². The van der Waals surface area contributed by atoms with Crippen LogP contribution in [0.1, 0.15) is 50.8 Å². The van der Waals surface area contributed by atoms with E-state index in [-0.39, 0.29) is 23.1 Å². The SMILES string of the molecule is CC(=O)c1ccc(S(=O)(=O)NCc2ccc(C(=O)Nc3ccc4c(c3)CCC4)cc2)cc1. The number of amides is 1. The Bertz CT molecular complexity index is 1260. The van der Waals surface area contributed by atoms with Crippen LogP contribution in [0, 0.1) is 0 Å². The number of hydrogen-bond donors (Lipinski definition) is 2. The number of carbonyl (C=O) groups is 2. The van der Waals surface area contributed by atoms with E-state index < -0.39 is 10.0 Å². The summed E-state index contributed by atoms with van der Waals surface area (Å²) < 4.78 is 27.5. The lowest BCUT2D eigenvalue weighted by Crippen LogP contribution is -2.23. The summed E-state index contributed by atoms with van der Waals surface area (Å²) in [5.74, 6) is -0.331. The second kappa shape index (κ2) is 9.06. The Morgan fingerprint density at radius 1 is 0.844 bits per heavy atom. The minimum absolute atomic E-state index is 0.0868. The molecule has 0 atom stereocenters. The summed E-state index contributed by atoms with van der Waals surface area (Å²) in [6, 6.07) is 18.6. The van der Waals surface area contributed by atoms with Crippen LogP contribution in [0.4, 0.5) is 5.69 Å². The number of hydrogen-bond acceptors (Lipinski definition) is 4. The molecule has 0 aromatic heterocycles. The number of benzene rings is 3. The van der Waals surface area contributed by atoms with Gasteiger partial charge in [-0.15, -0.1) is 0 Å². The molecule has 3 aromatic rings. The normalized spacial score (nSPS) is 12.9. The maximum Gasteiger partial charge on any atom is 0.255 e. The molecule has 164 valence electrons. The quantitative estimate of drug-likeness (QED) is 0.532. The molecule has 32 heavy (non-hydrogen) atoms. The van der Waals surface area contributed by atoms with Crippen LogP contribution in [0.2, 0.25) is 0 Å². The molecular weight excluding hydrogens is 424 g/mol. The van der Waals surface area contributed by atoms with Gasteiger partial charge >= 0.3 is 0 Å². The van der Waals surface area contributed by atoms with Gasteiger partial charge in [0, 0.05) is 23.4 Å². The molecule has 0 heterocycles. The van der Waals surface area contributed by atoms with Gasteiger partial charge in [-0.1, -0.05) is 30.3 Å². The highest BCUT2D eigenvalue weighted by Crippen LogP contribution is 2.25. The summed E-state index contributed by atoms with van der Waals surface area (Å²) in [6.07, 6.45) is 3.30. The largest absolute Gasteiger partial charge is 0.322 e. The Hall–Kier alpha value is -3.29. The van der Waals surface area contributed by atoms with Crippen molar-refractivity contribution in [3.8, 4) is 0 Å². The molecule has 0 saturated heterocycles. The van der Waals surface area contributed by atoms with Crippen molar-refractivity contribution >= 4 is 27.4 Å². The molecule has 0 fully saturated rings. The average Bonchev–Trinajstić information content (AvgIpc) is 3.26. The lowest BCUT2D eigenvalue weighted by Gasteiger charge is -2.09. The number of carbonyl (C=O) groups excluding carboxylic acids is 2. The van der Waals surface area contributed by atoms with Crippen molar-refractivity contribution in [3.63, 3.8) is 0 Å². The van der Waals surface area contributed by atoms with Crippen molar-refractivity contribution in [1.82, 2.24) is 4.72 Å². The van der Waals surface area contributed by atoms with Crippen LogP contribution >= 0.6 is 0 Å². The lowest BCUT2D eigenvalue weighted by molar-refractivity contribution is 0.101. The van der Waals surface area contributed by atoms with E-state index in [1.807, 2.05) is 12.1 Å². The second-order valence-corrected chi connectivity index (χ2v) is 9.66. The van der Waals surface area contributed by atoms with Crippen molar-refractivity contribution < 1.29 is 18.0 Å². The second-order valence-electron chi connectivity index (χ2n) is 7.89.